The average Bonchev–Trinajstić information content (AvgIpc) is 2.91. The highest BCUT2D eigenvalue weighted by atomic mass is 16.6. The van der Waals surface area contributed by atoms with E-state index in [-0.39, 0.29) is 6.03 Å². The Morgan fingerprint density at radius 1 is 1.03 bits per heavy atom. The molecule has 2 aliphatic heterocycles. The predicted molar refractivity (Wildman–Crippen MR) is 128 cm³/mol. The minimum atomic E-state index is -0.935. The molecule has 0 bridgehead atoms. The van der Waals surface area contributed by atoms with E-state index in [2.05, 4.69) is 15.5 Å². The number of rotatable bonds is 10. The van der Waals surface area contributed by atoms with Gasteiger partial charge in [0, 0.05) is 19.6 Å². The first-order chi connectivity index (χ1) is 17.1. The van der Waals surface area contributed by atoms with Crippen molar-refractivity contribution in [2.45, 2.75) is 12.1 Å². The lowest BCUT2D eigenvalue weighted by atomic mass is 10.0. The molecule has 2 atom stereocenters. The van der Waals surface area contributed by atoms with Gasteiger partial charge in [0.05, 0.1) is 32.9 Å². The zero-order chi connectivity index (χ0) is 24.5. The summed E-state index contributed by atoms with van der Waals surface area (Å²) < 4.78 is 27.5. The highest BCUT2D eigenvalue weighted by Crippen LogP contribution is 2.33. The number of nitrogens with zero attached hydrogens (tertiary/aromatic N) is 1. The number of urea groups is 1. The molecule has 10 heteroatoms. The summed E-state index contributed by atoms with van der Waals surface area (Å²) in [6.45, 7) is 4.78. The average molecular weight is 488 g/mol. The maximum Gasteiger partial charge on any atom is 0.315 e. The van der Waals surface area contributed by atoms with Crippen LogP contribution in [0.3, 0.4) is 0 Å². The fourth-order valence-corrected chi connectivity index (χ4v) is 3.99. The van der Waals surface area contributed by atoms with E-state index < -0.39 is 12.1 Å². The van der Waals surface area contributed by atoms with Crippen molar-refractivity contribution in [1.82, 2.24) is 15.5 Å². The molecule has 2 heterocycles. The second-order valence-corrected chi connectivity index (χ2v) is 8.29. The third kappa shape index (κ3) is 7.14. The number of methoxy groups -OCH3 is 1. The van der Waals surface area contributed by atoms with E-state index in [1.165, 1.54) is 0 Å². The summed E-state index contributed by atoms with van der Waals surface area (Å²) in [4.78, 5) is 14.8. The lowest BCUT2D eigenvalue weighted by Gasteiger charge is -2.33. The predicted octanol–water partition coefficient (Wildman–Crippen LogP) is 1.58. The van der Waals surface area contributed by atoms with Gasteiger partial charge in [-0.15, -0.1) is 0 Å². The fourth-order valence-electron chi connectivity index (χ4n) is 3.99. The van der Waals surface area contributed by atoms with Gasteiger partial charge in [0.25, 0.3) is 0 Å². The van der Waals surface area contributed by atoms with Crippen LogP contribution in [0, 0.1) is 0 Å². The maximum atomic E-state index is 12.7. The molecule has 0 aromatic heterocycles. The van der Waals surface area contributed by atoms with Gasteiger partial charge < -0.3 is 39.4 Å². The molecule has 3 N–H and O–H groups in total. The quantitative estimate of drug-likeness (QED) is 0.434. The first-order valence-electron chi connectivity index (χ1n) is 11.8. The number of nitrogens with one attached hydrogen (secondary N) is 2. The number of fused-ring (bicyclic) bond motifs is 1. The number of morpholine rings is 1. The van der Waals surface area contributed by atoms with E-state index in [9.17, 15) is 9.90 Å². The van der Waals surface area contributed by atoms with Gasteiger partial charge in [-0.25, -0.2) is 4.79 Å². The number of amides is 2. The first-order valence-corrected chi connectivity index (χ1v) is 11.8. The van der Waals surface area contributed by atoms with Crippen LogP contribution in [0.2, 0.25) is 0 Å². The summed E-state index contributed by atoms with van der Waals surface area (Å²) in [6.07, 6.45) is -0.935. The van der Waals surface area contributed by atoms with Gasteiger partial charge in [-0.05, 0) is 42.0 Å². The van der Waals surface area contributed by atoms with E-state index in [1.54, 1.807) is 37.4 Å². The van der Waals surface area contributed by atoms with Gasteiger partial charge >= 0.3 is 6.03 Å². The van der Waals surface area contributed by atoms with Crippen molar-refractivity contribution in [1.29, 1.82) is 0 Å². The van der Waals surface area contributed by atoms with Gasteiger partial charge in [-0.2, -0.15) is 0 Å². The monoisotopic (exact) mass is 487 g/mol. The maximum absolute atomic E-state index is 12.7. The van der Waals surface area contributed by atoms with Crippen LogP contribution in [0.4, 0.5) is 4.79 Å². The lowest BCUT2D eigenvalue weighted by Crippen LogP contribution is -2.52. The summed E-state index contributed by atoms with van der Waals surface area (Å²) in [6, 6.07) is 11.7. The Bertz CT molecular complexity index is 951. The van der Waals surface area contributed by atoms with Crippen LogP contribution in [-0.4, -0.2) is 88.4 Å². The molecule has 1 fully saturated rings. The molecule has 35 heavy (non-hydrogen) atoms. The standard InChI is InChI=1S/C25H33N3O7/c1-31-19-3-5-20(6-4-19)33-11-8-26-25(30)27-21(17-28-9-12-32-13-10-28)24(29)18-2-7-22-23(16-18)35-15-14-34-22/h2-7,16,21,24,29H,8-15,17H2,1H3,(H2,26,27,30)/t21-,24-/m1/s1. The number of aliphatic hydroxyl groups excluding tert-OH is 1. The molecule has 0 aliphatic carbocycles. The Morgan fingerprint density at radius 2 is 1.74 bits per heavy atom. The van der Waals surface area contributed by atoms with Crippen molar-refractivity contribution < 1.29 is 33.6 Å². The van der Waals surface area contributed by atoms with Crippen molar-refractivity contribution in [2.75, 3.05) is 66.3 Å². The molecule has 0 saturated carbocycles. The minimum Gasteiger partial charge on any atom is -0.497 e. The van der Waals surface area contributed by atoms with Gasteiger partial charge in [0.15, 0.2) is 11.5 Å². The molecule has 2 aromatic rings. The number of ether oxygens (including phenoxy) is 5. The van der Waals surface area contributed by atoms with Crippen molar-refractivity contribution in [3.05, 3.63) is 48.0 Å². The summed E-state index contributed by atoms with van der Waals surface area (Å²) in [5, 5.41) is 16.9. The smallest absolute Gasteiger partial charge is 0.315 e. The Labute approximate surface area is 205 Å². The zero-order valence-corrected chi connectivity index (χ0v) is 19.9. The van der Waals surface area contributed by atoms with Crippen LogP contribution in [0.15, 0.2) is 42.5 Å². The Hall–Kier alpha value is -3.21. The molecule has 0 radical (unpaired) electrons. The molecule has 0 spiro atoms. The molecule has 4 rings (SSSR count). The summed E-state index contributed by atoms with van der Waals surface area (Å²) in [5.41, 5.74) is 0.649. The largest absolute Gasteiger partial charge is 0.497 e. The topological polar surface area (TPSA) is 111 Å². The Kier molecular flexibility index (Phi) is 8.88. The summed E-state index contributed by atoms with van der Waals surface area (Å²) >= 11 is 0. The Morgan fingerprint density at radius 3 is 2.49 bits per heavy atom. The van der Waals surface area contributed by atoms with Crippen LogP contribution >= 0.6 is 0 Å². The zero-order valence-electron chi connectivity index (χ0n) is 19.9. The summed E-state index contributed by atoms with van der Waals surface area (Å²) in [7, 11) is 1.61. The van der Waals surface area contributed by atoms with E-state index in [4.69, 9.17) is 23.7 Å². The Balaban J connectivity index is 1.33. The van der Waals surface area contributed by atoms with Gasteiger partial charge in [-0.3, -0.25) is 4.90 Å². The third-order valence-corrected chi connectivity index (χ3v) is 5.88. The molecule has 1 saturated heterocycles. The number of carbonyl (C=O) groups is 1. The fraction of sp³-hybridized carbons (Fsp3) is 0.480. The number of hydrogen-bond donors (Lipinski definition) is 3. The summed E-state index contributed by atoms with van der Waals surface area (Å²) in [5.74, 6) is 2.68. The SMILES string of the molecule is COc1ccc(OCCNC(=O)N[C@H](CN2CCOCC2)[C@H](O)c2ccc3c(c2)OCCO3)cc1. The van der Waals surface area contributed by atoms with Gasteiger partial charge in [0.1, 0.15) is 37.4 Å². The second kappa shape index (κ2) is 12.5. The third-order valence-electron chi connectivity index (χ3n) is 5.88. The number of carbonyl (C=O) groups excluding carboxylic acids is 1. The first kappa shape index (κ1) is 24.9. The van der Waals surface area contributed by atoms with Crippen LogP contribution < -0.4 is 29.6 Å². The van der Waals surface area contributed by atoms with Crippen molar-refractivity contribution in [3.63, 3.8) is 0 Å². The van der Waals surface area contributed by atoms with Crippen LogP contribution in [0.1, 0.15) is 11.7 Å². The lowest BCUT2D eigenvalue weighted by molar-refractivity contribution is 0.0215. The van der Waals surface area contributed by atoms with Crippen molar-refractivity contribution in [3.8, 4) is 23.0 Å². The van der Waals surface area contributed by atoms with Crippen molar-refractivity contribution in [2.24, 2.45) is 0 Å². The molecular weight excluding hydrogens is 454 g/mol. The molecule has 0 unspecified atom stereocenters. The van der Waals surface area contributed by atoms with E-state index in [0.717, 1.165) is 18.8 Å². The molecule has 10 nitrogen and oxygen atoms in total. The van der Waals surface area contributed by atoms with E-state index in [0.29, 0.717) is 68.9 Å². The highest BCUT2D eigenvalue weighted by molar-refractivity contribution is 5.74. The normalized spacial score (nSPS) is 17.2. The van der Waals surface area contributed by atoms with Crippen LogP contribution in [0.25, 0.3) is 0 Å². The molecule has 190 valence electrons. The molecule has 2 aliphatic rings. The number of benzene rings is 2. The minimum absolute atomic E-state index is 0.304. The van der Waals surface area contributed by atoms with Crippen LogP contribution in [-0.2, 0) is 4.74 Å². The number of hydrogen-bond acceptors (Lipinski definition) is 8. The molecule has 2 aromatic carbocycles. The molecular formula is C25H33N3O7. The number of aliphatic hydroxyl groups is 1. The van der Waals surface area contributed by atoms with E-state index >= 15 is 0 Å². The highest BCUT2D eigenvalue weighted by Gasteiger charge is 2.27. The van der Waals surface area contributed by atoms with E-state index in [1.807, 2.05) is 12.1 Å². The van der Waals surface area contributed by atoms with Crippen LogP contribution in [0.5, 0.6) is 23.0 Å². The van der Waals surface area contributed by atoms with Gasteiger partial charge in [0.2, 0.25) is 0 Å². The van der Waals surface area contributed by atoms with Gasteiger partial charge in [-0.1, -0.05) is 6.07 Å². The van der Waals surface area contributed by atoms with Crippen molar-refractivity contribution >= 4 is 6.03 Å². The second-order valence-electron chi connectivity index (χ2n) is 8.29. The molecule has 2 amide bonds.